The van der Waals surface area contributed by atoms with Crippen LogP contribution in [0.15, 0.2) is 29.4 Å². The van der Waals surface area contributed by atoms with Crippen LogP contribution in [0.3, 0.4) is 0 Å². The van der Waals surface area contributed by atoms with Gasteiger partial charge in [-0.05, 0) is 17.7 Å². The molecule has 0 aliphatic carbocycles. The molecule has 1 heterocycles. The molecule has 0 aromatic heterocycles. The van der Waals surface area contributed by atoms with E-state index >= 15 is 0 Å². The van der Waals surface area contributed by atoms with Crippen molar-refractivity contribution in [3.63, 3.8) is 0 Å². The molecule has 1 aromatic rings. The first kappa shape index (κ1) is 9.64. The highest BCUT2D eigenvalue weighted by Gasteiger charge is 2.28. The van der Waals surface area contributed by atoms with E-state index in [1.54, 1.807) is 12.1 Å². The summed E-state index contributed by atoms with van der Waals surface area (Å²) < 4.78 is 12.6. The zero-order chi connectivity index (χ0) is 10.8. The van der Waals surface area contributed by atoms with Crippen molar-refractivity contribution in [2.45, 2.75) is 12.5 Å². The van der Waals surface area contributed by atoms with Crippen LogP contribution in [0.4, 0.5) is 4.39 Å². The molecule has 0 unspecified atom stereocenters. The minimum absolute atomic E-state index is 0.209. The number of halogens is 1. The lowest BCUT2D eigenvalue weighted by Gasteiger charge is -2.00. The molecule has 0 bridgehead atoms. The SMILES string of the molecule is O=C(O)[C@H]1CC(c2ccc(F)cc2)=NO1. The first-order valence-corrected chi connectivity index (χ1v) is 4.38. The first-order valence-electron chi connectivity index (χ1n) is 4.38. The van der Waals surface area contributed by atoms with Gasteiger partial charge < -0.3 is 9.94 Å². The lowest BCUT2D eigenvalue weighted by Crippen LogP contribution is -2.19. The van der Waals surface area contributed by atoms with E-state index in [0.29, 0.717) is 11.3 Å². The summed E-state index contributed by atoms with van der Waals surface area (Å²) in [6.45, 7) is 0. The topological polar surface area (TPSA) is 58.9 Å². The Morgan fingerprint density at radius 1 is 1.47 bits per heavy atom. The van der Waals surface area contributed by atoms with Gasteiger partial charge in [0, 0.05) is 6.42 Å². The monoisotopic (exact) mass is 209 g/mol. The molecule has 1 aliphatic rings. The number of carboxylic acids is 1. The van der Waals surface area contributed by atoms with E-state index < -0.39 is 12.1 Å². The van der Waals surface area contributed by atoms with Crippen molar-refractivity contribution < 1.29 is 19.1 Å². The van der Waals surface area contributed by atoms with Crippen LogP contribution in [0.2, 0.25) is 0 Å². The summed E-state index contributed by atoms with van der Waals surface area (Å²) in [6.07, 6.45) is -0.717. The molecule has 4 nitrogen and oxygen atoms in total. The number of benzene rings is 1. The second-order valence-electron chi connectivity index (χ2n) is 3.18. The number of aliphatic carboxylic acids is 1. The van der Waals surface area contributed by atoms with E-state index in [1.807, 2.05) is 0 Å². The van der Waals surface area contributed by atoms with Crippen LogP contribution in [0.5, 0.6) is 0 Å². The fourth-order valence-corrected chi connectivity index (χ4v) is 1.32. The van der Waals surface area contributed by atoms with Crippen LogP contribution in [-0.4, -0.2) is 22.9 Å². The van der Waals surface area contributed by atoms with Crippen LogP contribution < -0.4 is 0 Å². The molecule has 0 spiro atoms. The maximum Gasteiger partial charge on any atom is 0.348 e. The fraction of sp³-hybridized carbons (Fsp3) is 0.200. The predicted molar refractivity (Wildman–Crippen MR) is 50.1 cm³/mol. The first-order chi connectivity index (χ1) is 7.16. The van der Waals surface area contributed by atoms with Crippen molar-refractivity contribution in [2.24, 2.45) is 5.16 Å². The highest BCUT2D eigenvalue weighted by Crippen LogP contribution is 2.16. The van der Waals surface area contributed by atoms with Crippen molar-refractivity contribution >= 4 is 11.7 Å². The number of oxime groups is 1. The van der Waals surface area contributed by atoms with Gasteiger partial charge in [-0.2, -0.15) is 0 Å². The molecule has 0 radical (unpaired) electrons. The highest BCUT2D eigenvalue weighted by atomic mass is 19.1. The van der Waals surface area contributed by atoms with Crippen LogP contribution >= 0.6 is 0 Å². The third-order valence-electron chi connectivity index (χ3n) is 2.12. The number of carbonyl (C=O) groups is 1. The Morgan fingerprint density at radius 2 is 2.13 bits per heavy atom. The Kier molecular flexibility index (Phi) is 2.37. The van der Waals surface area contributed by atoms with E-state index in [9.17, 15) is 9.18 Å². The highest BCUT2D eigenvalue weighted by molar-refractivity contribution is 6.03. The smallest absolute Gasteiger partial charge is 0.348 e. The Bertz CT molecular complexity index is 413. The molecule has 1 aliphatic heterocycles. The molecule has 1 aromatic carbocycles. The average molecular weight is 209 g/mol. The number of nitrogens with zero attached hydrogens (tertiary/aromatic N) is 1. The van der Waals surface area contributed by atoms with Crippen molar-refractivity contribution in [1.82, 2.24) is 0 Å². The van der Waals surface area contributed by atoms with E-state index in [1.165, 1.54) is 12.1 Å². The largest absolute Gasteiger partial charge is 0.478 e. The van der Waals surface area contributed by atoms with Gasteiger partial charge in [-0.15, -0.1) is 0 Å². The minimum atomic E-state index is -1.05. The molecule has 78 valence electrons. The molecule has 0 fully saturated rings. The summed E-state index contributed by atoms with van der Waals surface area (Å²) in [5.74, 6) is -1.39. The van der Waals surface area contributed by atoms with Gasteiger partial charge in [0.15, 0.2) is 0 Å². The van der Waals surface area contributed by atoms with Gasteiger partial charge in [0.2, 0.25) is 6.10 Å². The Labute approximate surface area is 85.0 Å². The zero-order valence-corrected chi connectivity index (χ0v) is 7.68. The molecule has 1 atom stereocenters. The molecule has 15 heavy (non-hydrogen) atoms. The number of carboxylic acid groups (broad SMARTS) is 1. The normalized spacial score (nSPS) is 19.5. The molecule has 1 N–H and O–H groups in total. The number of rotatable bonds is 2. The van der Waals surface area contributed by atoms with E-state index in [4.69, 9.17) is 9.94 Å². The second-order valence-corrected chi connectivity index (χ2v) is 3.18. The third-order valence-corrected chi connectivity index (χ3v) is 2.12. The summed E-state index contributed by atoms with van der Waals surface area (Å²) in [5.41, 5.74) is 1.21. The van der Waals surface area contributed by atoms with Crippen LogP contribution in [-0.2, 0) is 9.63 Å². The van der Waals surface area contributed by atoms with Gasteiger partial charge in [0.05, 0.1) is 5.71 Å². The maximum atomic E-state index is 12.6. The summed E-state index contributed by atoms with van der Waals surface area (Å²) in [5, 5.41) is 12.3. The van der Waals surface area contributed by atoms with Gasteiger partial charge in [-0.3, -0.25) is 0 Å². The minimum Gasteiger partial charge on any atom is -0.478 e. The van der Waals surface area contributed by atoms with Gasteiger partial charge >= 0.3 is 5.97 Å². The standard InChI is InChI=1S/C10H8FNO3/c11-7-3-1-6(2-4-7)8-5-9(10(13)14)15-12-8/h1-4,9H,5H2,(H,13,14)/t9-/m1/s1. The van der Waals surface area contributed by atoms with Crippen LogP contribution in [0.25, 0.3) is 0 Å². The lowest BCUT2D eigenvalue weighted by molar-refractivity contribution is -0.148. The zero-order valence-electron chi connectivity index (χ0n) is 7.68. The summed E-state index contributed by atoms with van der Waals surface area (Å²) in [6, 6.07) is 5.68. The Morgan fingerprint density at radius 3 is 2.67 bits per heavy atom. The quantitative estimate of drug-likeness (QED) is 0.800. The van der Waals surface area contributed by atoms with Gasteiger partial charge in [-0.25, -0.2) is 9.18 Å². The molecule has 0 saturated carbocycles. The van der Waals surface area contributed by atoms with Crippen molar-refractivity contribution in [3.8, 4) is 0 Å². The number of hydrogen-bond acceptors (Lipinski definition) is 3. The summed E-state index contributed by atoms with van der Waals surface area (Å²) in [4.78, 5) is 15.3. The molecule has 0 amide bonds. The summed E-state index contributed by atoms with van der Waals surface area (Å²) in [7, 11) is 0. The Hall–Kier alpha value is -1.91. The Balaban J connectivity index is 2.14. The van der Waals surface area contributed by atoms with Gasteiger partial charge in [-0.1, -0.05) is 17.3 Å². The van der Waals surface area contributed by atoms with Crippen molar-refractivity contribution in [3.05, 3.63) is 35.6 Å². The molecule has 2 rings (SSSR count). The van der Waals surface area contributed by atoms with E-state index in [-0.39, 0.29) is 12.2 Å². The fourth-order valence-electron chi connectivity index (χ4n) is 1.32. The van der Waals surface area contributed by atoms with Gasteiger partial charge in [0.25, 0.3) is 0 Å². The van der Waals surface area contributed by atoms with Crippen LogP contribution in [0.1, 0.15) is 12.0 Å². The molecular formula is C10H8FNO3. The van der Waals surface area contributed by atoms with Gasteiger partial charge in [0.1, 0.15) is 5.82 Å². The molecular weight excluding hydrogens is 201 g/mol. The van der Waals surface area contributed by atoms with Crippen molar-refractivity contribution in [2.75, 3.05) is 0 Å². The maximum absolute atomic E-state index is 12.6. The van der Waals surface area contributed by atoms with Crippen molar-refractivity contribution in [1.29, 1.82) is 0 Å². The number of hydrogen-bond donors (Lipinski definition) is 1. The molecule has 5 heteroatoms. The van der Waals surface area contributed by atoms with Crippen LogP contribution in [0, 0.1) is 5.82 Å². The van der Waals surface area contributed by atoms with E-state index in [2.05, 4.69) is 5.16 Å². The molecule has 0 saturated heterocycles. The van der Waals surface area contributed by atoms with E-state index in [0.717, 1.165) is 0 Å². The lowest BCUT2D eigenvalue weighted by atomic mass is 10.1. The second kappa shape index (κ2) is 3.68. The summed E-state index contributed by atoms with van der Waals surface area (Å²) >= 11 is 0. The average Bonchev–Trinajstić information content (AvgIpc) is 2.68. The third kappa shape index (κ3) is 1.96. The predicted octanol–water partition coefficient (Wildman–Crippen LogP) is 1.40.